The van der Waals surface area contributed by atoms with Crippen molar-refractivity contribution in [2.45, 2.75) is 51.5 Å². The molecular formula is C26H32N2O5. The van der Waals surface area contributed by atoms with E-state index < -0.39 is 18.1 Å². The normalized spacial score (nSPS) is 13.0. The van der Waals surface area contributed by atoms with Crippen molar-refractivity contribution in [3.8, 4) is 11.1 Å². The second-order valence-corrected chi connectivity index (χ2v) is 8.23. The van der Waals surface area contributed by atoms with Crippen molar-refractivity contribution >= 4 is 18.0 Å². The summed E-state index contributed by atoms with van der Waals surface area (Å²) in [6.45, 7) is 4.46. The van der Waals surface area contributed by atoms with Crippen molar-refractivity contribution in [2.75, 3.05) is 19.7 Å². The highest BCUT2D eigenvalue weighted by Crippen LogP contribution is 2.44. The van der Waals surface area contributed by atoms with Gasteiger partial charge in [-0.2, -0.15) is 0 Å². The number of hydrogen-bond acceptors (Lipinski definition) is 4. The zero-order valence-corrected chi connectivity index (χ0v) is 19.3. The number of likely N-dealkylation sites (N-methyl/N-ethyl adjacent to an activating group) is 1. The Kier molecular flexibility index (Phi) is 8.46. The van der Waals surface area contributed by atoms with E-state index in [2.05, 4.69) is 29.6 Å². The Morgan fingerprint density at radius 1 is 1.03 bits per heavy atom. The Labute approximate surface area is 194 Å². The molecule has 0 aliphatic heterocycles. The van der Waals surface area contributed by atoms with Crippen molar-refractivity contribution in [1.82, 2.24) is 10.2 Å². The number of carbonyl (C=O) groups excluding carboxylic acids is 2. The number of hydrogen-bond donors (Lipinski definition) is 2. The quantitative estimate of drug-likeness (QED) is 0.527. The van der Waals surface area contributed by atoms with E-state index in [1.54, 1.807) is 6.92 Å². The molecule has 1 unspecified atom stereocenters. The van der Waals surface area contributed by atoms with Crippen LogP contribution in [0.25, 0.3) is 11.1 Å². The Hall–Kier alpha value is -3.35. The zero-order valence-electron chi connectivity index (χ0n) is 19.3. The third kappa shape index (κ3) is 5.92. The molecular weight excluding hydrogens is 420 g/mol. The van der Waals surface area contributed by atoms with Gasteiger partial charge in [0.2, 0.25) is 5.91 Å². The number of unbranched alkanes of at least 4 members (excludes halogenated alkanes) is 1. The fourth-order valence-electron chi connectivity index (χ4n) is 4.32. The number of carboxylic acid groups (broad SMARTS) is 1. The number of amides is 2. The SMILES string of the molecule is CCCCC(NC(=O)OCC1c2ccccc2-c2ccccc21)C(=O)N(CC)CCC(=O)O. The minimum Gasteiger partial charge on any atom is -0.481 e. The van der Waals surface area contributed by atoms with Crippen molar-refractivity contribution in [1.29, 1.82) is 0 Å². The maximum Gasteiger partial charge on any atom is 0.407 e. The number of nitrogens with one attached hydrogen (secondary N) is 1. The van der Waals surface area contributed by atoms with Gasteiger partial charge in [-0.15, -0.1) is 0 Å². The van der Waals surface area contributed by atoms with Crippen LogP contribution in [0, 0.1) is 0 Å². The molecule has 1 atom stereocenters. The Balaban J connectivity index is 1.66. The summed E-state index contributed by atoms with van der Waals surface area (Å²) in [4.78, 5) is 38.1. The molecule has 2 N–H and O–H groups in total. The van der Waals surface area contributed by atoms with Crippen molar-refractivity contribution < 1.29 is 24.2 Å². The van der Waals surface area contributed by atoms with Crippen molar-refractivity contribution in [2.24, 2.45) is 0 Å². The lowest BCUT2D eigenvalue weighted by molar-refractivity contribution is -0.139. The van der Waals surface area contributed by atoms with Gasteiger partial charge in [-0.05, 0) is 35.6 Å². The highest BCUT2D eigenvalue weighted by atomic mass is 16.5. The maximum absolute atomic E-state index is 13.0. The molecule has 0 heterocycles. The van der Waals surface area contributed by atoms with Crippen LogP contribution in [0.1, 0.15) is 56.6 Å². The molecule has 0 radical (unpaired) electrons. The van der Waals surface area contributed by atoms with Gasteiger partial charge in [0.1, 0.15) is 12.6 Å². The summed E-state index contributed by atoms with van der Waals surface area (Å²) in [5.41, 5.74) is 4.54. The lowest BCUT2D eigenvalue weighted by Crippen LogP contribution is -2.49. The predicted molar refractivity (Wildman–Crippen MR) is 126 cm³/mol. The van der Waals surface area contributed by atoms with Gasteiger partial charge in [0.25, 0.3) is 0 Å². The lowest BCUT2D eigenvalue weighted by Gasteiger charge is -2.26. The van der Waals surface area contributed by atoms with E-state index in [0.717, 1.165) is 35.1 Å². The largest absolute Gasteiger partial charge is 0.481 e. The predicted octanol–water partition coefficient (Wildman–Crippen LogP) is 4.41. The third-order valence-corrected chi connectivity index (χ3v) is 6.07. The number of benzene rings is 2. The number of aliphatic carboxylic acids is 1. The van der Waals surface area contributed by atoms with Crippen LogP contribution in [0.4, 0.5) is 4.79 Å². The minimum atomic E-state index is -0.962. The summed E-state index contributed by atoms with van der Waals surface area (Å²) in [7, 11) is 0. The molecule has 33 heavy (non-hydrogen) atoms. The van der Waals surface area contributed by atoms with Gasteiger partial charge < -0.3 is 20.1 Å². The summed E-state index contributed by atoms with van der Waals surface area (Å²) in [5, 5.41) is 11.7. The Morgan fingerprint density at radius 2 is 1.64 bits per heavy atom. The summed E-state index contributed by atoms with van der Waals surface area (Å²) < 4.78 is 5.60. The first-order valence-corrected chi connectivity index (χ1v) is 11.6. The molecule has 3 rings (SSSR count). The molecule has 2 aromatic carbocycles. The molecule has 0 fully saturated rings. The summed E-state index contributed by atoms with van der Waals surface area (Å²) in [6, 6.07) is 15.5. The fourth-order valence-corrected chi connectivity index (χ4v) is 4.32. The van der Waals surface area contributed by atoms with Crippen LogP contribution >= 0.6 is 0 Å². The van der Waals surface area contributed by atoms with E-state index in [-0.39, 0.29) is 31.4 Å². The van der Waals surface area contributed by atoms with Crippen molar-refractivity contribution in [3.63, 3.8) is 0 Å². The van der Waals surface area contributed by atoms with Gasteiger partial charge in [-0.1, -0.05) is 68.3 Å². The molecule has 1 aliphatic rings. The first kappa shape index (κ1) is 24.3. The molecule has 0 aromatic heterocycles. The second-order valence-electron chi connectivity index (χ2n) is 8.23. The number of nitrogens with zero attached hydrogens (tertiary/aromatic N) is 1. The number of carboxylic acids is 1. The number of rotatable bonds is 11. The highest BCUT2D eigenvalue weighted by Gasteiger charge is 2.30. The Morgan fingerprint density at radius 3 is 2.18 bits per heavy atom. The average molecular weight is 453 g/mol. The molecule has 0 saturated heterocycles. The molecule has 0 saturated carbocycles. The number of fused-ring (bicyclic) bond motifs is 3. The second kappa shape index (κ2) is 11.5. The fraction of sp³-hybridized carbons (Fsp3) is 0.423. The van der Waals surface area contributed by atoms with Crippen LogP contribution < -0.4 is 5.32 Å². The van der Waals surface area contributed by atoms with Crippen LogP contribution in [0.3, 0.4) is 0 Å². The van der Waals surface area contributed by atoms with E-state index in [4.69, 9.17) is 9.84 Å². The topological polar surface area (TPSA) is 95.9 Å². The molecule has 0 bridgehead atoms. The van der Waals surface area contributed by atoms with Gasteiger partial charge in [-0.25, -0.2) is 4.79 Å². The van der Waals surface area contributed by atoms with Gasteiger partial charge in [-0.3, -0.25) is 9.59 Å². The molecule has 1 aliphatic carbocycles. The van der Waals surface area contributed by atoms with Gasteiger partial charge in [0, 0.05) is 19.0 Å². The third-order valence-electron chi connectivity index (χ3n) is 6.07. The smallest absolute Gasteiger partial charge is 0.407 e. The molecule has 2 aromatic rings. The van der Waals surface area contributed by atoms with E-state index in [1.807, 2.05) is 31.2 Å². The summed E-state index contributed by atoms with van der Waals surface area (Å²) in [5.74, 6) is -1.30. The summed E-state index contributed by atoms with van der Waals surface area (Å²) in [6.07, 6.45) is 1.34. The van der Waals surface area contributed by atoms with Crippen LogP contribution in [0.15, 0.2) is 48.5 Å². The molecule has 176 valence electrons. The lowest BCUT2D eigenvalue weighted by atomic mass is 9.98. The number of ether oxygens (including phenoxy) is 1. The van der Waals surface area contributed by atoms with E-state index in [9.17, 15) is 14.4 Å². The molecule has 7 nitrogen and oxygen atoms in total. The number of carbonyl (C=O) groups is 3. The van der Waals surface area contributed by atoms with Crippen molar-refractivity contribution in [3.05, 3.63) is 59.7 Å². The first-order valence-electron chi connectivity index (χ1n) is 11.6. The number of alkyl carbamates (subject to hydrolysis) is 1. The van der Waals surface area contributed by atoms with Crippen LogP contribution in [-0.4, -0.2) is 53.7 Å². The maximum atomic E-state index is 13.0. The molecule has 0 spiro atoms. The Bertz CT molecular complexity index is 945. The molecule has 2 amide bonds. The highest BCUT2D eigenvalue weighted by molar-refractivity contribution is 5.86. The zero-order chi connectivity index (χ0) is 23.8. The van der Waals surface area contributed by atoms with E-state index in [1.165, 1.54) is 4.90 Å². The van der Waals surface area contributed by atoms with E-state index >= 15 is 0 Å². The van der Waals surface area contributed by atoms with Gasteiger partial charge in [0.05, 0.1) is 6.42 Å². The van der Waals surface area contributed by atoms with Crippen LogP contribution in [0.5, 0.6) is 0 Å². The monoisotopic (exact) mass is 452 g/mol. The standard InChI is InChI=1S/C26H32N2O5/c1-3-5-14-23(25(31)28(4-2)16-15-24(29)30)27-26(32)33-17-22-20-12-8-6-10-18(20)19-11-7-9-13-21(19)22/h6-13,22-23H,3-5,14-17H2,1-2H3,(H,27,32)(H,29,30). The van der Waals surface area contributed by atoms with Gasteiger partial charge >= 0.3 is 12.1 Å². The summed E-state index contributed by atoms with van der Waals surface area (Å²) >= 11 is 0. The minimum absolute atomic E-state index is 0.0596. The molecule has 7 heteroatoms. The van der Waals surface area contributed by atoms with E-state index in [0.29, 0.717) is 13.0 Å². The van der Waals surface area contributed by atoms with Gasteiger partial charge in [0.15, 0.2) is 0 Å². The first-order chi connectivity index (χ1) is 16.0. The van der Waals surface area contributed by atoms with Crippen LogP contribution in [-0.2, 0) is 14.3 Å². The van der Waals surface area contributed by atoms with Crippen LogP contribution in [0.2, 0.25) is 0 Å². The average Bonchev–Trinajstić information content (AvgIpc) is 3.14.